The van der Waals surface area contributed by atoms with Gasteiger partial charge >= 0.3 is 0 Å². The van der Waals surface area contributed by atoms with Crippen molar-refractivity contribution in [1.82, 2.24) is 15.2 Å². The molecule has 0 bridgehead atoms. The topological polar surface area (TPSA) is 62.3 Å². The summed E-state index contributed by atoms with van der Waals surface area (Å²) < 4.78 is 0. The van der Waals surface area contributed by atoms with E-state index in [2.05, 4.69) is 10.3 Å². The zero-order chi connectivity index (χ0) is 16.4. The van der Waals surface area contributed by atoms with Gasteiger partial charge < -0.3 is 10.2 Å². The van der Waals surface area contributed by atoms with Gasteiger partial charge in [0.25, 0.3) is 5.91 Å². The number of amides is 2. The number of carbonyl (C=O) groups is 2. The van der Waals surface area contributed by atoms with Crippen LogP contribution in [0.15, 0.2) is 29.6 Å². The Kier molecular flexibility index (Phi) is 4.43. The molecule has 0 saturated carbocycles. The lowest BCUT2D eigenvalue weighted by molar-refractivity contribution is -0.126. The van der Waals surface area contributed by atoms with E-state index >= 15 is 0 Å². The van der Waals surface area contributed by atoms with Crippen molar-refractivity contribution >= 4 is 23.2 Å². The lowest BCUT2D eigenvalue weighted by atomic mass is 10.1. The van der Waals surface area contributed by atoms with Gasteiger partial charge in [-0.15, -0.1) is 11.3 Å². The number of nitrogens with zero attached hydrogens (tertiary/aromatic N) is 2. The third kappa shape index (κ3) is 3.12. The minimum atomic E-state index is -0.449. The molecule has 1 N–H and O–H groups in total. The van der Waals surface area contributed by atoms with E-state index in [-0.39, 0.29) is 11.8 Å². The maximum Gasteiger partial charge on any atom is 0.255 e. The van der Waals surface area contributed by atoms with Crippen LogP contribution in [0.25, 0.3) is 0 Å². The Morgan fingerprint density at radius 2 is 2.22 bits per heavy atom. The number of carbonyl (C=O) groups excluding carboxylic acids is 2. The van der Waals surface area contributed by atoms with Gasteiger partial charge in [-0.2, -0.15) is 0 Å². The number of hydrogen-bond donors (Lipinski definition) is 1. The van der Waals surface area contributed by atoms with Crippen LogP contribution in [0.5, 0.6) is 0 Å². The Morgan fingerprint density at radius 3 is 2.87 bits per heavy atom. The third-order valence-corrected chi connectivity index (χ3v) is 4.85. The van der Waals surface area contributed by atoms with Crippen LogP contribution in [0.2, 0.25) is 0 Å². The first kappa shape index (κ1) is 15.7. The van der Waals surface area contributed by atoms with Gasteiger partial charge in [-0.3, -0.25) is 9.59 Å². The zero-order valence-corrected chi connectivity index (χ0v) is 14.0. The van der Waals surface area contributed by atoms with Crippen LogP contribution in [-0.2, 0) is 17.9 Å². The standard InChI is InChI=1S/C17H19N3O2S/c1-3-15(16(21)18-8-13-10-23-11(2)19-13)20-9-12-6-4-5-7-14(12)17(20)22/h4-7,10,15H,3,8-9H2,1-2H3,(H,18,21)/t15-/m1/s1. The summed E-state index contributed by atoms with van der Waals surface area (Å²) in [6.07, 6.45) is 0.585. The minimum Gasteiger partial charge on any atom is -0.349 e. The molecule has 0 unspecified atom stereocenters. The van der Waals surface area contributed by atoms with Gasteiger partial charge in [-0.1, -0.05) is 25.1 Å². The van der Waals surface area contributed by atoms with Crippen LogP contribution in [-0.4, -0.2) is 27.7 Å². The van der Waals surface area contributed by atoms with Gasteiger partial charge in [0.2, 0.25) is 5.91 Å². The maximum atomic E-state index is 12.5. The van der Waals surface area contributed by atoms with Gasteiger partial charge in [-0.25, -0.2) is 4.98 Å². The lowest BCUT2D eigenvalue weighted by Gasteiger charge is -2.25. The smallest absolute Gasteiger partial charge is 0.255 e. The fourth-order valence-corrected chi connectivity index (χ4v) is 3.47. The van der Waals surface area contributed by atoms with E-state index in [0.29, 0.717) is 25.1 Å². The Bertz CT molecular complexity index is 741. The van der Waals surface area contributed by atoms with Crippen molar-refractivity contribution in [3.63, 3.8) is 0 Å². The Morgan fingerprint density at radius 1 is 1.43 bits per heavy atom. The van der Waals surface area contributed by atoms with Crippen LogP contribution >= 0.6 is 11.3 Å². The molecule has 0 fully saturated rings. The molecule has 1 aliphatic rings. The van der Waals surface area contributed by atoms with Gasteiger partial charge in [0.05, 0.1) is 17.2 Å². The first-order valence-electron chi connectivity index (χ1n) is 7.67. The molecular weight excluding hydrogens is 310 g/mol. The van der Waals surface area contributed by atoms with Crippen molar-refractivity contribution in [3.05, 3.63) is 51.5 Å². The van der Waals surface area contributed by atoms with E-state index in [9.17, 15) is 9.59 Å². The predicted molar refractivity (Wildman–Crippen MR) is 89.1 cm³/mol. The molecule has 1 aliphatic heterocycles. The first-order chi connectivity index (χ1) is 11.1. The molecule has 0 radical (unpaired) electrons. The summed E-state index contributed by atoms with van der Waals surface area (Å²) in [5, 5.41) is 5.81. The average Bonchev–Trinajstić information content (AvgIpc) is 3.11. The molecule has 2 amide bonds. The largest absolute Gasteiger partial charge is 0.349 e. The van der Waals surface area contributed by atoms with Crippen LogP contribution < -0.4 is 5.32 Å². The summed E-state index contributed by atoms with van der Waals surface area (Å²) in [5.41, 5.74) is 2.54. The molecule has 1 aromatic heterocycles. The lowest BCUT2D eigenvalue weighted by Crippen LogP contribution is -2.46. The van der Waals surface area contributed by atoms with Crippen LogP contribution in [0.4, 0.5) is 0 Å². The molecule has 2 heterocycles. The molecule has 6 heteroatoms. The normalized spacial score (nSPS) is 14.7. The van der Waals surface area contributed by atoms with Crippen molar-refractivity contribution in [2.75, 3.05) is 0 Å². The Labute approximate surface area is 139 Å². The number of thiazole rings is 1. The summed E-state index contributed by atoms with van der Waals surface area (Å²) in [4.78, 5) is 31.0. The predicted octanol–water partition coefficient (Wildman–Crippen LogP) is 2.50. The van der Waals surface area contributed by atoms with E-state index in [0.717, 1.165) is 16.3 Å². The van der Waals surface area contributed by atoms with Crippen LogP contribution in [0.1, 0.15) is 40.0 Å². The third-order valence-electron chi connectivity index (χ3n) is 4.03. The highest BCUT2D eigenvalue weighted by Crippen LogP contribution is 2.25. The van der Waals surface area contributed by atoms with Crippen molar-refractivity contribution < 1.29 is 9.59 Å². The van der Waals surface area contributed by atoms with E-state index in [4.69, 9.17) is 0 Å². The minimum absolute atomic E-state index is 0.0629. The van der Waals surface area contributed by atoms with Gasteiger partial charge in [0, 0.05) is 17.5 Å². The summed E-state index contributed by atoms with van der Waals surface area (Å²) >= 11 is 1.56. The number of aromatic nitrogens is 1. The second kappa shape index (κ2) is 6.50. The van der Waals surface area contributed by atoms with Gasteiger partial charge in [-0.05, 0) is 25.0 Å². The zero-order valence-electron chi connectivity index (χ0n) is 13.2. The van der Waals surface area contributed by atoms with E-state index in [1.165, 1.54) is 0 Å². The van der Waals surface area contributed by atoms with Gasteiger partial charge in [0.1, 0.15) is 6.04 Å². The van der Waals surface area contributed by atoms with E-state index < -0.39 is 6.04 Å². The fourth-order valence-electron chi connectivity index (χ4n) is 2.86. The molecule has 3 rings (SSSR count). The molecule has 120 valence electrons. The molecule has 5 nitrogen and oxygen atoms in total. The highest BCUT2D eigenvalue weighted by Gasteiger charge is 2.34. The molecule has 23 heavy (non-hydrogen) atoms. The van der Waals surface area contributed by atoms with Crippen molar-refractivity contribution in [2.24, 2.45) is 0 Å². The average molecular weight is 329 g/mol. The summed E-state index contributed by atoms with van der Waals surface area (Å²) in [7, 11) is 0. The van der Waals surface area contributed by atoms with Gasteiger partial charge in [0.15, 0.2) is 0 Å². The molecular formula is C17H19N3O2S. The number of hydrogen-bond acceptors (Lipinski definition) is 4. The molecule has 0 spiro atoms. The Hall–Kier alpha value is -2.21. The molecule has 0 saturated heterocycles. The number of fused-ring (bicyclic) bond motifs is 1. The molecule has 2 aromatic rings. The fraction of sp³-hybridized carbons (Fsp3) is 0.353. The summed E-state index contributed by atoms with van der Waals surface area (Å²) in [6, 6.07) is 7.08. The monoisotopic (exact) mass is 329 g/mol. The second-order valence-corrected chi connectivity index (χ2v) is 6.65. The number of nitrogens with one attached hydrogen (secondary N) is 1. The quantitative estimate of drug-likeness (QED) is 0.917. The van der Waals surface area contributed by atoms with E-state index in [1.807, 2.05) is 43.5 Å². The summed E-state index contributed by atoms with van der Waals surface area (Å²) in [6.45, 7) is 4.75. The molecule has 0 aliphatic carbocycles. The molecule has 1 atom stereocenters. The Balaban J connectivity index is 1.68. The number of aryl methyl sites for hydroxylation is 1. The van der Waals surface area contributed by atoms with E-state index in [1.54, 1.807) is 16.2 Å². The highest BCUT2D eigenvalue weighted by molar-refractivity contribution is 7.09. The van der Waals surface area contributed by atoms with Crippen LogP contribution in [0, 0.1) is 6.92 Å². The van der Waals surface area contributed by atoms with Crippen molar-refractivity contribution in [2.45, 2.75) is 39.4 Å². The second-order valence-electron chi connectivity index (χ2n) is 5.59. The number of rotatable bonds is 5. The van der Waals surface area contributed by atoms with Crippen molar-refractivity contribution in [1.29, 1.82) is 0 Å². The number of benzene rings is 1. The maximum absolute atomic E-state index is 12.5. The molecule has 1 aromatic carbocycles. The van der Waals surface area contributed by atoms with Crippen molar-refractivity contribution in [3.8, 4) is 0 Å². The van der Waals surface area contributed by atoms with Crippen LogP contribution in [0.3, 0.4) is 0 Å². The SMILES string of the molecule is CC[C@H](C(=O)NCc1csc(C)n1)N1Cc2ccccc2C1=O. The highest BCUT2D eigenvalue weighted by atomic mass is 32.1. The summed E-state index contributed by atoms with van der Waals surface area (Å²) in [5.74, 6) is -0.189. The first-order valence-corrected chi connectivity index (χ1v) is 8.55.